The van der Waals surface area contributed by atoms with Crippen LogP contribution < -0.4 is 15.4 Å². The number of methoxy groups -OCH3 is 1. The van der Waals surface area contributed by atoms with E-state index in [1.165, 1.54) is 24.2 Å². The van der Waals surface area contributed by atoms with Crippen LogP contribution in [0.4, 0.5) is 10.8 Å². The molecule has 3 rings (SSSR count). The van der Waals surface area contributed by atoms with Crippen LogP contribution in [0, 0.1) is 0 Å². The van der Waals surface area contributed by atoms with Crippen molar-refractivity contribution in [2.45, 2.75) is 31.7 Å². The summed E-state index contributed by atoms with van der Waals surface area (Å²) in [5, 5.41) is 8.74. The van der Waals surface area contributed by atoms with Crippen LogP contribution in [0.2, 0.25) is 0 Å². The van der Waals surface area contributed by atoms with Gasteiger partial charge in [-0.25, -0.2) is 4.98 Å². The molecule has 1 fully saturated rings. The Hall–Kier alpha value is -2.08. The lowest BCUT2D eigenvalue weighted by Crippen LogP contribution is -2.32. The summed E-state index contributed by atoms with van der Waals surface area (Å²) in [4.78, 5) is 16.5. The molecule has 0 unspecified atom stereocenters. The van der Waals surface area contributed by atoms with Crippen LogP contribution in [-0.2, 0) is 0 Å². The van der Waals surface area contributed by atoms with Crippen LogP contribution in [0.15, 0.2) is 29.6 Å². The van der Waals surface area contributed by atoms with Crippen LogP contribution in [0.25, 0.3) is 0 Å². The molecule has 0 atom stereocenters. The molecule has 5 nitrogen and oxygen atoms in total. The number of aromatic nitrogens is 1. The SMILES string of the molecule is COc1ccc(Nc2nc(C(=O)NC3CCCC3)cs2)cc1. The molecule has 0 spiro atoms. The third-order valence-corrected chi connectivity index (χ3v) is 4.53. The van der Waals surface area contributed by atoms with Crippen molar-refractivity contribution in [1.82, 2.24) is 10.3 Å². The lowest BCUT2D eigenvalue weighted by Gasteiger charge is -2.09. The fourth-order valence-corrected chi connectivity index (χ4v) is 3.27. The molecular weight excluding hydrogens is 298 g/mol. The number of benzene rings is 1. The average Bonchev–Trinajstić information content (AvgIpc) is 3.20. The first-order chi connectivity index (χ1) is 10.7. The Morgan fingerprint density at radius 3 is 2.68 bits per heavy atom. The van der Waals surface area contributed by atoms with Crippen molar-refractivity contribution >= 4 is 28.1 Å². The Kier molecular flexibility index (Phi) is 4.58. The van der Waals surface area contributed by atoms with E-state index in [0.29, 0.717) is 16.9 Å². The fraction of sp³-hybridized carbons (Fsp3) is 0.375. The third kappa shape index (κ3) is 3.57. The summed E-state index contributed by atoms with van der Waals surface area (Å²) in [5.74, 6) is 0.729. The van der Waals surface area contributed by atoms with Gasteiger partial charge >= 0.3 is 0 Å². The predicted octanol–water partition coefficient (Wildman–Crippen LogP) is 3.57. The lowest BCUT2D eigenvalue weighted by atomic mass is 10.2. The van der Waals surface area contributed by atoms with E-state index in [1.54, 1.807) is 12.5 Å². The first-order valence-electron chi connectivity index (χ1n) is 7.42. The monoisotopic (exact) mass is 317 g/mol. The second-order valence-corrected chi connectivity index (χ2v) is 6.20. The normalized spacial score (nSPS) is 14.8. The fourth-order valence-electron chi connectivity index (χ4n) is 2.56. The van der Waals surface area contributed by atoms with Gasteiger partial charge in [-0.3, -0.25) is 4.79 Å². The summed E-state index contributed by atoms with van der Waals surface area (Å²) in [6, 6.07) is 7.90. The van der Waals surface area contributed by atoms with E-state index in [1.807, 2.05) is 24.3 Å². The first-order valence-corrected chi connectivity index (χ1v) is 8.30. The number of anilines is 2. The Bertz CT molecular complexity index is 633. The van der Waals surface area contributed by atoms with Gasteiger partial charge in [0.15, 0.2) is 5.13 Å². The average molecular weight is 317 g/mol. The maximum Gasteiger partial charge on any atom is 0.271 e. The second-order valence-electron chi connectivity index (χ2n) is 5.35. The number of nitrogens with zero attached hydrogens (tertiary/aromatic N) is 1. The van der Waals surface area contributed by atoms with E-state index in [-0.39, 0.29) is 5.91 Å². The standard InChI is InChI=1S/C16H19N3O2S/c1-21-13-8-6-12(7-9-13)18-16-19-14(10-22-16)15(20)17-11-4-2-3-5-11/h6-11H,2-5H2,1H3,(H,17,20)(H,18,19). The Balaban J connectivity index is 1.61. The summed E-state index contributed by atoms with van der Waals surface area (Å²) in [6.45, 7) is 0. The molecule has 2 N–H and O–H groups in total. The molecule has 1 aliphatic rings. The molecule has 0 aliphatic heterocycles. The highest BCUT2D eigenvalue weighted by Crippen LogP contribution is 2.23. The summed E-state index contributed by atoms with van der Waals surface area (Å²) in [5.41, 5.74) is 1.39. The van der Waals surface area contributed by atoms with Crippen LogP contribution >= 0.6 is 11.3 Å². The Morgan fingerprint density at radius 1 is 1.27 bits per heavy atom. The minimum atomic E-state index is -0.0778. The topological polar surface area (TPSA) is 63.2 Å². The number of amides is 1. The molecule has 1 amide bonds. The van der Waals surface area contributed by atoms with Gasteiger partial charge in [0.1, 0.15) is 11.4 Å². The quantitative estimate of drug-likeness (QED) is 0.885. The molecule has 1 aliphatic carbocycles. The molecular formula is C16H19N3O2S. The second kappa shape index (κ2) is 6.79. The molecule has 1 aromatic heterocycles. The minimum Gasteiger partial charge on any atom is -0.497 e. The molecule has 116 valence electrons. The largest absolute Gasteiger partial charge is 0.497 e. The molecule has 1 saturated carbocycles. The van der Waals surface area contributed by atoms with E-state index < -0.39 is 0 Å². The van der Waals surface area contributed by atoms with Crippen molar-refractivity contribution in [3.8, 4) is 5.75 Å². The van der Waals surface area contributed by atoms with E-state index >= 15 is 0 Å². The molecule has 0 saturated heterocycles. The highest BCUT2D eigenvalue weighted by Gasteiger charge is 2.19. The van der Waals surface area contributed by atoms with Crippen LogP contribution in [0.3, 0.4) is 0 Å². The zero-order valence-corrected chi connectivity index (χ0v) is 13.3. The van der Waals surface area contributed by atoms with Gasteiger partial charge < -0.3 is 15.4 Å². The van der Waals surface area contributed by atoms with Gasteiger partial charge in [0, 0.05) is 17.1 Å². The lowest BCUT2D eigenvalue weighted by molar-refractivity contribution is 0.0933. The first kappa shape index (κ1) is 14.8. The number of rotatable bonds is 5. The number of hydrogen-bond donors (Lipinski definition) is 2. The van der Waals surface area contributed by atoms with E-state index in [2.05, 4.69) is 15.6 Å². The minimum absolute atomic E-state index is 0.0778. The van der Waals surface area contributed by atoms with E-state index in [4.69, 9.17) is 4.74 Å². The maximum atomic E-state index is 12.1. The zero-order chi connectivity index (χ0) is 15.4. The molecule has 1 aromatic carbocycles. The molecule has 1 heterocycles. The van der Waals surface area contributed by atoms with Gasteiger partial charge in [0.05, 0.1) is 7.11 Å². The van der Waals surface area contributed by atoms with Gasteiger partial charge in [0.25, 0.3) is 5.91 Å². The molecule has 6 heteroatoms. The van der Waals surface area contributed by atoms with Gasteiger partial charge in [-0.1, -0.05) is 12.8 Å². The molecule has 22 heavy (non-hydrogen) atoms. The van der Waals surface area contributed by atoms with Crippen LogP contribution in [-0.4, -0.2) is 24.0 Å². The van der Waals surface area contributed by atoms with Crippen LogP contribution in [0.1, 0.15) is 36.2 Å². The predicted molar refractivity (Wildman–Crippen MR) is 88.1 cm³/mol. The number of ether oxygens (including phenoxy) is 1. The maximum absolute atomic E-state index is 12.1. The van der Waals surface area contributed by atoms with Crippen molar-refractivity contribution in [2.75, 3.05) is 12.4 Å². The van der Waals surface area contributed by atoms with Crippen molar-refractivity contribution in [3.63, 3.8) is 0 Å². The smallest absolute Gasteiger partial charge is 0.271 e. The number of thiazole rings is 1. The van der Waals surface area contributed by atoms with Crippen molar-refractivity contribution in [2.24, 2.45) is 0 Å². The van der Waals surface area contributed by atoms with E-state index in [0.717, 1.165) is 24.3 Å². The van der Waals surface area contributed by atoms with Gasteiger partial charge in [-0.15, -0.1) is 11.3 Å². The summed E-state index contributed by atoms with van der Waals surface area (Å²) in [7, 11) is 1.64. The third-order valence-electron chi connectivity index (χ3n) is 3.77. The summed E-state index contributed by atoms with van der Waals surface area (Å²) >= 11 is 1.43. The van der Waals surface area contributed by atoms with Gasteiger partial charge in [-0.2, -0.15) is 0 Å². The van der Waals surface area contributed by atoms with Gasteiger partial charge in [-0.05, 0) is 37.1 Å². The number of nitrogens with one attached hydrogen (secondary N) is 2. The summed E-state index contributed by atoms with van der Waals surface area (Å²) < 4.78 is 5.12. The zero-order valence-electron chi connectivity index (χ0n) is 12.5. The number of hydrogen-bond acceptors (Lipinski definition) is 5. The van der Waals surface area contributed by atoms with Crippen molar-refractivity contribution in [1.29, 1.82) is 0 Å². The van der Waals surface area contributed by atoms with Gasteiger partial charge in [0.2, 0.25) is 0 Å². The summed E-state index contributed by atoms with van der Waals surface area (Å²) in [6.07, 6.45) is 4.55. The molecule has 2 aromatic rings. The van der Waals surface area contributed by atoms with Crippen molar-refractivity contribution < 1.29 is 9.53 Å². The Labute approximate surface area is 133 Å². The highest BCUT2D eigenvalue weighted by molar-refractivity contribution is 7.14. The Morgan fingerprint density at radius 2 is 2.00 bits per heavy atom. The molecule has 0 radical (unpaired) electrons. The molecule has 0 bridgehead atoms. The van der Waals surface area contributed by atoms with Crippen molar-refractivity contribution in [3.05, 3.63) is 35.3 Å². The highest BCUT2D eigenvalue weighted by atomic mass is 32.1. The number of carbonyl (C=O) groups excluding carboxylic acids is 1. The van der Waals surface area contributed by atoms with E-state index in [9.17, 15) is 4.79 Å². The van der Waals surface area contributed by atoms with Crippen LogP contribution in [0.5, 0.6) is 5.75 Å². The number of carbonyl (C=O) groups is 1.